The second kappa shape index (κ2) is 5.80. The zero-order chi connectivity index (χ0) is 13.9. The van der Waals surface area contributed by atoms with Crippen LogP contribution in [0.5, 0.6) is 0 Å². The van der Waals surface area contributed by atoms with Crippen molar-refractivity contribution >= 4 is 11.3 Å². The van der Waals surface area contributed by atoms with Gasteiger partial charge in [0.15, 0.2) is 0 Å². The van der Waals surface area contributed by atoms with Crippen LogP contribution in [0.15, 0.2) is 24.3 Å². The lowest BCUT2D eigenvalue weighted by molar-refractivity contribution is 0.590. The molecular weight excluding hydrogens is 254 g/mol. The maximum atomic E-state index is 4.27. The highest BCUT2D eigenvalue weighted by molar-refractivity contribution is 7.14. The Morgan fingerprint density at radius 1 is 1.11 bits per heavy atom. The molecular formula is C15H21N3S. The van der Waals surface area contributed by atoms with Crippen molar-refractivity contribution < 1.29 is 0 Å². The lowest BCUT2D eigenvalue weighted by atomic mass is 9.87. The van der Waals surface area contributed by atoms with Crippen LogP contribution in [0.2, 0.25) is 0 Å². The first-order valence-electron chi connectivity index (χ1n) is 6.58. The fraction of sp³-hybridized carbons (Fsp3) is 0.467. The molecule has 1 N–H and O–H groups in total. The van der Waals surface area contributed by atoms with Crippen molar-refractivity contribution in [3.05, 3.63) is 34.8 Å². The Labute approximate surface area is 119 Å². The standard InChI is InChI=1S/C15H21N3S/c1-15(2,3)12-7-5-11(6-8-12)14-18-17-13(19-14)9-10-16-4/h5-8,16H,9-10H2,1-4H3. The summed E-state index contributed by atoms with van der Waals surface area (Å²) in [4.78, 5) is 0. The number of benzene rings is 1. The zero-order valence-corrected chi connectivity index (χ0v) is 12.8. The number of hydrogen-bond donors (Lipinski definition) is 1. The molecule has 0 aliphatic rings. The predicted octanol–water partition coefficient (Wildman–Crippen LogP) is 3.26. The number of aromatic nitrogens is 2. The molecule has 2 rings (SSSR count). The van der Waals surface area contributed by atoms with Crippen molar-refractivity contribution in [3.8, 4) is 10.6 Å². The maximum Gasteiger partial charge on any atom is 0.147 e. The Kier molecular flexibility index (Phi) is 4.32. The summed E-state index contributed by atoms with van der Waals surface area (Å²) < 4.78 is 0. The first-order chi connectivity index (χ1) is 9.00. The summed E-state index contributed by atoms with van der Waals surface area (Å²) in [7, 11) is 1.95. The molecule has 0 amide bonds. The number of nitrogens with one attached hydrogen (secondary N) is 1. The van der Waals surface area contributed by atoms with E-state index >= 15 is 0 Å². The van der Waals surface area contributed by atoms with Gasteiger partial charge in [0.2, 0.25) is 0 Å². The molecule has 0 atom stereocenters. The minimum atomic E-state index is 0.192. The molecule has 0 aliphatic carbocycles. The van der Waals surface area contributed by atoms with Crippen LogP contribution in [0.3, 0.4) is 0 Å². The van der Waals surface area contributed by atoms with Crippen molar-refractivity contribution in [2.75, 3.05) is 13.6 Å². The third kappa shape index (κ3) is 3.61. The largest absolute Gasteiger partial charge is 0.319 e. The molecule has 1 aromatic carbocycles. The van der Waals surface area contributed by atoms with E-state index in [1.807, 2.05) is 7.05 Å². The molecule has 0 bridgehead atoms. The summed E-state index contributed by atoms with van der Waals surface area (Å²) in [5.41, 5.74) is 2.69. The molecule has 3 nitrogen and oxygen atoms in total. The minimum Gasteiger partial charge on any atom is -0.319 e. The summed E-state index contributed by atoms with van der Waals surface area (Å²) >= 11 is 1.68. The summed E-state index contributed by atoms with van der Waals surface area (Å²) in [6.45, 7) is 7.62. The maximum absolute atomic E-state index is 4.27. The molecule has 1 heterocycles. The van der Waals surface area contributed by atoms with Crippen LogP contribution >= 0.6 is 11.3 Å². The van der Waals surface area contributed by atoms with Gasteiger partial charge in [-0.2, -0.15) is 0 Å². The van der Waals surface area contributed by atoms with Crippen molar-refractivity contribution in [2.24, 2.45) is 0 Å². The number of hydrogen-bond acceptors (Lipinski definition) is 4. The number of likely N-dealkylation sites (N-methyl/N-ethyl adjacent to an activating group) is 1. The monoisotopic (exact) mass is 275 g/mol. The quantitative estimate of drug-likeness (QED) is 0.930. The fourth-order valence-electron chi connectivity index (χ4n) is 1.82. The van der Waals surface area contributed by atoms with Gasteiger partial charge in [0.25, 0.3) is 0 Å². The third-order valence-electron chi connectivity index (χ3n) is 3.05. The van der Waals surface area contributed by atoms with E-state index in [9.17, 15) is 0 Å². The van der Waals surface area contributed by atoms with E-state index in [-0.39, 0.29) is 5.41 Å². The molecule has 0 saturated carbocycles. The van der Waals surface area contributed by atoms with E-state index in [4.69, 9.17) is 0 Å². The van der Waals surface area contributed by atoms with Gasteiger partial charge in [0, 0.05) is 18.5 Å². The van der Waals surface area contributed by atoms with Gasteiger partial charge in [-0.25, -0.2) is 0 Å². The molecule has 0 fully saturated rings. The van der Waals surface area contributed by atoms with E-state index in [1.165, 1.54) is 5.56 Å². The summed E-state index contributed by atoms with van der Waals surface area (Å²) in [5, 5.41) is 13.7. The fourth-order valence-corrected chi connectivity index (χ4v) is 2.66. The van der Waals surface area contributed by atoms with Crippen LogP contribution in [0.25, 0.3) is 10.6 Å². The van der Waals surface area contributed by atoms with Gasteiger partial charge in [0.05, 0.1) is 0 Å². The highest BCUT2D eigenvalue weighted by Gasteiger charge is 2.14. The molecule has 4 heteroatoms. The number of rotatable bonds is 4. The van der Waals surface area contributed by atoms with Gasteiger partial charge >= 0.3 is 0 Å². The topological polar surface area (TPSA) is 37.8 Å². The van der Waals surface area contributed by atoms with Crippen molar-refractivity contribution in [3.63, 3.8) is 0 Å². The van der Waals surface area contributed by atoms with Crippen LogP contribution in [-0.2, 0) is 11.8 Å². The molecule has 1 aromatic heterocycles. The molecule has 0 aliphatic heterocycles. The molecule has 0 saturated heterocycles. The Morgan fingerprint density at radius 2 is 1.79 bits per heavy atom. The summed E-state index contributed by atoms with van der Waals surface area (Å²) in [6.07, 6.45) is 0.939. The Balaban J connectivity index is 2.16. The smallest absolute Gasteiger partial charge is 0.147 e. The summed E-state index contributed by atoms with van der Waals surface area (Å²) in [5.74, 6) is 0. The first-order valence-corrected chi connectivity index (χ1v) is 7.40. The Hall–Kier alpha value is -1.26. The average molecular weight is 275 g/mol. The SMILES string of the molecule is CNCCc1nnc(-c2ccc(C(C)(C)C)cc2)s1. The second-order valence-corrected chi connectivity index (χ2v) is 6.74. The lowest BCUT2D eigenvalue weighted by Crippen LogP contribution is -2.10. The van der Waals surface area contributed by atoms with Gasteiger partial charge in [-0.05, 0) is 18.0 Å². The van der Waals surface area contributed by atoms with Gasteiger partial charge < -0.3 is 5.32 Å². The van der Waals surface area contributed by atoms with Gasteiger partial charge in [-0.15, -0.1) is 10.2 Å². The van der Waals surface area contributed by atoms with Gasteiger partial charge in [-0.1, -0.05) is 56.4 Å². The molecule has 19 heavy (non-hydrogen) atoms. The normalized spacial score (nSPS) is 11.8. The predicted molar refractivity (Wildman–Crippen MR) is 81.7 cm³/mol. The van der Waals surface area contributed by atoms with Crippen LogP contribution in [0.4, 0.5) is 0 Å². The van der Waals surface area contributed by atoms with Crippen molar-refractivity contribution in [1.82, 2.24) is 15.5 Å². The second-order valence-electron chi connectivity index (χ2n) is 5.68. The minimum absolute atomic E-state index is 0.192. The van der Waals surface area contributed by atoms with Crippen LogP contribution < -0.4 is 5.32 Å². The molecule has 0 radical (unpaired) electrons. The molecule has 0 unspecified atom stereocenters. The average Bonchev–Trinajstić information content (AvgIpc) is 2.84. The highest BCUT2D eigenvalue weighted by Crippen LogP contribution is 2.27. The van der Waals surface area contributed by atoms with Crippen LogP contribution in [-0.4, -0.2) is 23.8 Å². The number of nitrogens with zero attached hydrogens (tertiary/aromatic N) is 2. The molecule has 2 aromatic rings. The lowest BCUT2D eigenvalue weighted by Gasteiger charge is -2.18. The Morgan fingerprint density at radius 3 is 2.37 bits per heavy atom. The van der Waals surface area contributed by atoms with E-state index < -0.39 is 0 Å². The molecule has 0 spiro atoms. The van der Waals surface area contributed by atoms with E-state index in [0.717, 1.165) is 28.5 Å². The zero-order valence-electron chi connectivity index (χ0n) is 12.0. The first kappa shape index (κ1) is 14.2. The van der Waals surface area contributed by atoms with Gasteiger partial charge in [0.1, 0.15) is 10.0 Å². The third-order valence-corrected chi connectivity index (χ3v) is 4.09. The van der Waals surface area contributed by atoms with Crippen LogP contribution in [0, 0.1) is 0 Å². The van der Waals surface area contributed by atoms with E-state index in [1.54, 1.807) is 11.3 Å². The van der Waals surface area contributed by atoms with Crippen molar-refractivity contribution in [2.45, 2.75) is 32.6 Å². The Bertz CT molecular complexity index is 523. The van der Waals surface area contributed by atoms with E-state index in [0.29, 0.717) is 0 Å². The highest BCUT2D eigenvalue weighted by atomic mass is 32.1. The van der Waals surface area contributed by atoms with Crippen LogP contribution in [0.1, 0.15) is 31.3 Å². The van der Waals surface area contributed by atoms with Crippen molar-refractivity contribution in [1.29, 1.82) is 0 Å². The van der Waals surface area contributed by atoms with Gasteiger partial charge in [-0.3, -0.25) is 0 Å². The summed E-state index contributed by atoms with van der Waals surface area (Å²) in [6, 6.07) is 8.65. The molecule has 102 valence electrons. The van der Waals surface area contributed by atoms with E-state index in [2.05, 4.69) is 60.6 Å².